The second-order valence-corrected chi connectivity index (χ2v) is 6.35. The number of carbonyl (C=O) groups is 1. The maximum Gasteiger partial charge on any atom is 0.251 e. The molecule has 28 heavy (non-hydrogen) atoms. The molecule has 1 aliphatic heterocycles. The number of rotatable bonds is 6. The summed E-state index contributed by atoms with van der Waals surface area (Å²) in [4.78, 5) is 16.6. The average molecular weight is 381 g/mol. The van der Waals surface area contributed by atoms with Gasteiger partial charge < -0.3 is 24.1 Å². The fourth-order valence-electron chi connectivity index (χ4n) is 2.80. The molecule has 1 N–H and O–H groups in total. The number of hydrogen-bond donors (Lipinski definition) is 1. The second kappa shape index (κ2) is 7.59. The van der Waals surface area contributed by atoms with Crippen LogP contribution in [0.25, 0.3) is 0 Å². The first-order chi connectivity index (χ1) is 13.6. The maximum atomic E-state index is 12.5. The van der Waals surface area contributed by atoms with Gasteiger partial charge in [-0.25, -0.2) is 0 Å². The molecule has 144 valence electrons. The Morgan fingerprint density at radius 1 is 1.18 bits per heavy atom. The van der Waals surface area contributed by atoms with Crippen LogP contribution in [0.1, 0.15) is 40.6 Å². The molecule has 0 fully saturated rings. The molecule has 2 aromatic carbocycles. The molecule has 0 bridgehead atoms. The van der Waals surface area contributed by atoms with Crippen LogP contribution in [0.5, 0.6) is 17.2 Å². The van der Waals surface area contributed by atoms with Gasteiger partial charge >= 0.3 is 0 Å². The molecule has 0 saturated heterocycles. The van der Waals surface area contributed by atoms with Gasteiger partial charge in [-0.05, 0) is 48.9 Å². The summed E-state index contributed by atoms with van der Waals surface area (Å²) in [6.45, 7) is 4.05. The summed E-state index contributed by atoms with van der Waals surface area (Å²) < 4.78 is 21.2. The monoisotopic (exact) mass is 381 g/mol. The topological polar surface area (TPSA) is 95.7 Å². The van der Waals surface area contributed by atoms with Crippen molar-refractivity contribution in [3.63, 3.8) is 0 Å². The van der Waals surface area contributed by atoms with Crippen molar-refractivity contribution in [3.05, 3.63) is 65.3 Å². The number of nitrogens with one attached hydrogen (secondary N) is 1. The predicted molar refractivity (Wildman–Crippen MR) is 98.3 cm³/mol. The van der Waals surface area contributed by atoms with Crippen LogP contribution in [0.4, 0.5) is 0 Å². The highest BCUT2D eigenvalue weighted by Gasteiger charge is 2.17. The van der Waals surface area contributed by atoms with Crippen LogP contribution in [0.15, 0.2) is 47.0 Å². The molecule has 0 spiro atoms. The van der Waals surface area contributed by atoms with Crippen molar-refractivity contribution in [2.45, 2.75) is 26.5 Å². The third-order valence-corrected chi connectivity index (χ3v) is 4.30. The average Bonchev–Trinajstić information content (AvgIpc) is 3.34. The highest BCUT2D eigenvalue weighted by Crippen LogP contribution is 2.34. The highest BCUT2D eigenvalue weighted by atomic mass is 16.7. The van der Waals surface area contributed by atoms with E-state index in [9.17, 15) is 4.79 Å². The van der Waals surface area contributed by atoms with Crippen LogP contribution in [0.2, 0.25) is 0 Å². The summed E-state index contributed by atoms with van der Waals surface area (Å²) >= 11 is 0. The minimum Gasteiger partial charge on any atom is -0.485 e. The molecule has 8 heteroatoms. The van der Waals surface area contributed by atoms with E-state index < -0.39 is 0 Å². The number of benzene rings is 2. The summed E-state index contributed by atoms with van der Waals surface area (Å²) in [5.74, 6) is 2.80. The minimum absolute atomic E-state index is 0.175. The number of ether oxygens (including phenoxy) is 3. The van der Waals surface area contributed by atoms with Crippen molar-refractivity contribution in [2.75, 3.05) is 6.79 Å². The molecule has 1 amide bonds. The van der Waals surface area contributed by atoms with Crippen molar-refractivity contribution in [1.29, 1.82) is 0 Å². The minimum atomic E-state index is -0.181. The Kier molecular flexibility index (Phi) is 4.84. The van der Waals surface area contributed by atoms with Crippen LogP contribution in [-0.4, -0.2) is 22.8 Å². The first-order valence-corrected chi connectivity index (χ1v) is 8.81. The van der Waals surface area contributed by atoms with E-state index in [1.165, 1.54) is 0 Å². The van der Waals surface area contributed by atoms with E-state index in [-0.39, 0.29) is 25.3 Å². The number of fused-ring (bicyclic) bond motifs is 1. The third-order valence-electron chi connectivity index (χ3n) is 4.30. The lowest BCUT2D eigenvalue weighted by molar-refractivity contribution is 0.0939. The van der Waals surface area contributed by atoms with Gasteiger partial charge in [0.25, 0.3) is 5.91 Å². The Morgan fingerprint density at radius 3 is 2.71 bits per heavy atom. The Balaban J connectivity index is 1.35. The highest BCUT2D eigenvalue weighted by molar-refractivity contribution is 5.94. The first-order valence-electron chi connectivity index (χ1n) is 8.81. The summed E-state index contributed by atoms with van der Waals surface area (Å²) in [7, 11) is 0. The molecular formula is C20H19N3O5. The van der Waals surface area contributed by atoms with E-state index in [4.69, 9.17) is 18.7 Å². The summed E-state index contributed by atoms with van der Waals surface area (Å²) in [5, 5.41) is 6.74. The van der Waals surface area contributed by atoms with Gasteiger partial charge in [0.15, 0.2) is 18.1 Å². The van der Waals surface area contributed by atoms with Crippen molar-refractivity contribution >= 4 is 5.91 Å². The number of amides is 1. The molecule has 1 aromatic heterocycles. The van der Waals surface area contributed by atoms with Crippen LogP contribution in [0, 0.1) is 6.92 Å². The van der Waals surface area contributed by atoms with Crippen molar-refractivity contribution in [3.8, 4) is 17.2 Å². The van der Waals surface area contributed by atoms with Gasteiger partial charge in [-0.2, -0.15) is 4.98 Å². The molecule has 3 aromatic rings. The molecule has 2 heterocycles. The van der Waals surface area contributed by atoms with Crippen molar-refractivity contribution < 1.29 is 23.5 Å². The van der Waals surface area contributed by atoms with E-state index in [1.54, 1.807) is 31.2 Å². The van der Waals surface area contributed by atoms with E-state index in [0.717, 1.165) is 5.56 Å². The lowest BCUT2D eigenvalue weighted by atomic mass is 10.1. The smallest absolute Gasteiger partial charge is 0.251 e. The van der Waals surface area contributed by atoms with E-state index >= 15 is 0 Å². The Hall–Kier alpha value is -3.55. The van der Waals surface area contributed by atoms with Crippen LogP contribution in [0.3, 0.4) is 0 Å². The largest absolute Gasteiger partial charge is 0.485 e. The van der Waals surface area contributed by atoms with Crippen LogP contribution >= 0.6 is 0 Å². The molecule has 8 nitrogen and oxygen atoms in total. The van der Waals surface area contributed by atoms with Crippen molar-refractivity contribution in [2.24, 2.45) is 0 Å². The Morgan fingerprint density at radius 2 is 1.96 bits per heavy atom. The Bertz CT molecular complexity index is 984. The zero-order valence-corrected chi connectivity index (χ0v) is 15.5. The number of carbonyl (C=O) groups excluding carboxylic acids is 1. The lowest BCUT2D eigenvalue weighted by Gasteiger charge is -2.15. The van der Waals surface area contributed by atoms with E-state index in [1.807, 2.05) is 25.1 Å². The molecule has 0 unspecified atom stereocenters. The van der Waals surface area contributed by atoms with Gasteiger partial charge in [-0.15, -0.1) is 0 Å². The third kappa shape index (κ3) is 3.90. The lowest BCUT2D eigenvalue weighted by Crippen LogP contribution is -2.26. The molecule has 0 saturated carbocycles. The van der Waals surface area contributed by atoms with Gasteiger partial charge in [-0.1, -0.05) is 11.2 Å². The first kappa shape index (κ1) is 17.8. The number of aromatic nitrogens is 2. The summed E-state index contributed by atoms with van der Waals surface area (Å²) in [6.07, 6.45) is 0. The molecule has 1 aliphatic rings. The fourth-order valence-corrected chi connectivity index (χ4v) is 2.80. The van der Waals surface area contributed by atoms with Gasteiger partial charge in [0.2, 0.25) is 18.5 Å². The van der Waals surface area contributed by atoms with Gasteiger partial charge in [0, 0.05) is 12.5 Å². The van der Waals surface area contributed by atoms with Crippen LogP contribution < -0.4 is 19.5 Å². The molecule has 1 atom stereocenters. The van der Waals surface area contributed by atoms with E-state index in [0.29, 0.717) is 34.5 Å². The normalized spacial score (nSPS) is 13.2. The predicted octanol–water partition coefficient (Wildman–Crippen LogP) is 3.18. The number of nitrogens with zero attached hydrogens (tertiary/aromatic N) is 2. The maximum absolute atomic E-state index is 12.5. The Labute approximate surface area is 161 Å². The summed E-state index contributed by atoms with van der Waals surface area (Å²) in [6, 6.07) is 12.3. The second-order valence-electron chi connectivity index (χ2n) is 6.35. The zero-order valence-electron chi connectivity index (χ0n) is 15.5. The molecule has 0 radical (unpaired) electrons. The number of hydrogen-bond acceptors (Lipinski definition) is 7. The molecular weight excluding hydrogens is 362 g/mol. The molecule has 0 aliphatic carbocycles. The van der Waals surface area contributed by atoms with Gasteiger partial charge in [0.05, 0.1) is 6.04 Å². The number of aryl methyl sites for hydroxylation is 1. The zero-order chi connectivity index (χ0) is 19.5. The van der Waals surface area contributed by atoms with Crippen molar-refractivity contribution in [1.82, 2.24) is 15.5 Å². The fraction of sp³-hybridized carbons (Fsp3) is 0.250. The van der Waals surface area contributed by atoms with Gasteiger partial charge in [-0.3, -0.25) is 4.79 Å². The SMILES string of the molecule is Cc1nc(COc2ccc(C(=O)N[C@@H](C)c3ccc4c(c3)OCO4)cc2)no1. The molecule has 4 rings (SSSR count). The van der Waals surface area contributed by atoms with Gasteiger partial charge in [0.1, 0.15) is 5.75 Å². The summed E-state index contributed by atoms with van der Waals surface area (Å²) in [5.41, 5.74) is 1.48. The quantitative estimate of drug-likeness (QED) is 0.700. The van der Waals surface area contributed by atoms with E-state index in [2.05, 4.69) is 15.5 Å². The standard InChI is InChI=1S/C20H19N3O5/c1-12(15-5-8-17-18(9-15)27-11-26-17)21-20(24)14-3-6-16(7-4-14)25-10-19-22-13(2)28-23-19/h3-9,12H,10-11H2,1-2H3,(H,21,24)/t12-/m0/s1. The van der Waals surface area contributed by atoms with Crippen LogP contribution in [-0.2, 0) is 6.61 Å².